The third kappa shape index (κ3) is 3.47. The van der Waals surface area contributed by atoms with Crippen molar-refractivity contribution in [2.45, 2.75) is 64.3 Å². The minimum atomic E-state index is -0.823. The van der Waals surface area contributed by atoms with E-state index < -0.39 is 23.5 Å². The van der Waals surface area contributed by atoms with Gasteiger partial charge in [-0.15, -0.1) is 0 Å². The van der Waals surface area contributed by atoms with Crippen LogP contribution in [0.15, 0.2) is 24.3 Å². The van der Waals surface area contributed by atoms with Gasteiger partial charge < -0.3 is 10.1 Å². The first-order valence-corrected chi connectivity index (χ1v) is 9.36. The van der Waals surface area contributed by atoms with Crippen molar-refractivity contribution in [3.05, 3.63) is 35.6 Å². The molecule has 1 aromatic rings. The van der Waals surface area contributed by atoms with Crippen LogP contribution < -0.4 is 5.32 Å². The van der Waals surface area contributed by atoms with Crippen molar-refractivity contribution in [2.75, 3.05) is 6.61 Å². The molecule has 1 aliphatic heterocycles. The van der Waals surface area contributed by atoms with Crippen molar-refractivity contribution in [3.63, 3.8) is 0 Å². The van der Waals surface area contributed by atoms with Crippen LogP contribution in [0, 0.1) is 11.7 Å². The minimum absolute atomic E-state index is 0.0158. The first-order chi connectivity index (χ1) is 12.3. The topological polar surface area (TPSA) is 58.6 Å². The molecule has 0 aromatic heterocycles. The molecule has 1 saturated heterocycles. The lowest BCUT2D eigenvalue weighted by atomic mass is 9.83. The maximum atomic E-state index is 14.3. The fraction of sp³-hybridized carbons (Fsp3) is 0.600. The van der Waals surface area contributed by atoms with E-state index in [2.05, 4.69) is 12.2 Å². The van der Waals surface area contributed by atoms with E-state index in [0.29, 0.717) is 18.8 Å². The number of halogens is 1. The Bertz CT molecular complexity index is 693. The number of hydrogen-bond donors (Lipinski definition) is 1. The predicted molar refractivity (Wildman–Crippen MR) is 96.0 cm³/mol. The Kier molecular flexibility index (Phi) is 5.32. The van der Waals surface area contributed by atoms with Gasteiger partial charge in [0, 0.05) is 6.04 Å². The van der Waals surface area contributed by atoms with E-state index in [-0.39, 0.29) is 24.1 Å². The van der Waals surface area contributed by atoms with Gasteiger partial charge in [-0.3, -0.25) is 14.5 Å². The second-order valence-electron chi connectivity index (χ2n) is 7.79. The molecule has 1 heterocycles. The van der Waals surface area contributed by atoms with Crippen molar-refractivity contribution >= 4 is 11.8 Å². The molecule has 5 nitrogen and oxygen atoms in total. The Labute approximate surface area is 153 Å². The largest absolute Gasteiger partial charge is 0.353 e. The summed E-state index contributed by atoms with van der Waals surface area (Å²) in [5.41, 5.74) is -0.839. The summed E-state index contributed by atoms with van der Waals surface area (Å²) in [7, 11) is 0. The van der Waals surface area contributed by atoms with Gasteiger partial charge in [0.15, 0.2) is 0 Å². The van der Waals surface area contributed by atoms with Gasteiger partial charge in [0.1, 0.15) is 17.6 Å². The molecule has 1 saturated carbocycles. The molecule has 1 aliphatic carbocycles. The van der Waals surface area contributed by atoms with Gasteiger partial charge in [-0.1, -0.05) is 25.5 Å². The highest BCUT2D eigenvalue weighted by molar-refractivity contribution is 5.98. The van der Waals surface area contributed by atoms with Gasteiger partial charge in [-0.25, -0.2) is 4.39 Å². The van der Waals surface area contributed by atoms with Crippen molar-refractivity contribution < 1.29 is 18.7 Å². The van der Waals surface area contributed by atoms with Crippen LogP contribution in [0.1, 0.15) is 56.8 Å². The van der Waals surface area contributed by atoms with Crippen LogP contribution in [0.25, 0.3) is 0 Å². The van der Waals surface area contributed by atoms with Crippen LogP contribution in [0.2, 0.25) is 0 Å². The minimum Gasteiger partial charge on any atom is -0.353 e. The van der Waals surface area contributed by atoms with Crippen LogP contribution in [0.4, 0.5) is 4.39 Å². The number of nitrogens with zero attached hydrogens (tertiary/aromatic N) is 1. The lowest BCUT2D eigenvalue weighted by Gasteiger charge is -2.43. The summed E-state index contributed by atoms with van der Waals surface area (Å²) in [4.78, 5) is 27.5. The van der Waals surface area contributed by atoms with Crippen LogP contribution in [-0.4, -0.2) is 41.1 Å². The van der Waals surface area contributed by atoms with Crippen molar-refractivity contribution in [1.82, 2.24) is 10.2 Å². The number of amides is 2. The third-order valence-corrected chi connectivity index (χ3v) is 5.25. The molecule has 142 valence electrons. The van der Waals surface area contributed by atoms with E-state index in [1.54, 1.807) is 12.1 Å². The first kappa shape index (κ1) is 18.8. The molecule has 2 fully saturated rings. The van der Waals surface area contributed by atoms with Crippen molar-refractivity contribution in [1.29, 1.82) is 0 Å². The summed E-state index contributed by atoms with van der Waals surface area (Å²) in [5, 5.41) is 2.86. The molecule has 1 N–H and O–H groups in total. The summed E-state index contributed by atoms with van der Waals surface area (Å²) in [6, 6.07) is 5.13. The SMILES string of the molecule is CC(C)NC(=O)[C@@H]1CO[C@]2(CCC[C@@H](C)C2)N1C(=O)c1ccccc1F. The standard InChI is InChI=1S/C20H27FN2O3/c1-13(2)22-18(24)17-12-26-20(10-6-7-14(3)11-20)23(17)19(25)15-8-4-5-9-16(15)21/h4-5,8-9,13-14,17H,6-7,10-12H2,1-3H3,(H,22,24)/t14-,17+,20+/m1/s1. The normalized spacial score (nSPS) is 28.6. The molecular formula is C20H27FN2O3. The number of rotatable bonds is 3. The first-order valence-electron chi connectivity index (χ1n) is 9.36. The highest BCUT2D eigenvalue weighted by Crippen LogP contribution is 2.43. The molecule has 3 rings (SSSR count). The molecular weight excluding hydrogens is 335 g/mol. The predicted octanol–water partition coefficient (Wildman–Crippen LogP) is 3.10. The summed E-state index contributed by atoms with van der Waals surface area (Å²) in [6.07, 6.45) is 3.32. The van der Waals surface area contributed by atoms with Crippen LogP contribution >= 0.6 is 0 Å². The maximum absolute atomic E-state index is 14.3. The molecule has 0 unspecified atom stereocenters. The van der Waals surface area contributed by atoms with Crippen molar-refractivity contribution in [2.24, 2.45) is 5.92 Å². The van der Waals surface area contributed by atoms with Crippen LogP contribution in [0.5, 0.6) is 0 Å². The average molecular weight is 362 g/mol. The van der Waals surface area contributed by atoms with Gasteiger partial charge in [0.05, 0.1) is 12.2 Å². The zero-order valence-electron chi connectivity index (χ0n) is 15.6. The summed E-state index contributed by atoms with van der Waals surface area (Å²) >= 11 is 0. The van der Waals surface area contributed by atoms with Gasteiger partial charge in [-0.2, -0.15) is 0 Å². The molecule has 6 heteroatoms. The van der Waals surface area contributed by atoms with Gasteiger partial charge in [-0.05, 0) is 51.2 Å². The molecule has 1 aromatic carbocycles. The number of hydrogen-bond acceptors (Lipinski definition) is 3. The fourth-order valence-electron chi connectivity index (χ4n) is 4.15. The Morgan fingerprint density at radius 3 is 2.73 bits per heavy atom. The lowest BCUT2D eigenvalue weighted by Crippen LogP contribution is -2.57. The Hall–Kier alpha value is -1.95. The molecule has 2 amide bonds. The maximum Gasteiger partial charge on any atom is 0.259 e. The summed E-state index contributed by atoms with van der Waals surface area (Å²) in [5.74, 6) is -0.920. The highest BCUT2D eigenvalue weighted by Gasteiger charge is 2.54. The molecule has 3 atom stereocenters. The number of nitrogens with one attached hydrogen (secondary N) is 1. The Morgan fingerprint density at radius 2 is 2.08 bits per heavy atom. The average Bonchev–Trinajstić information content (AvgIpc) is 2.92. The van der Waals surface area contributed by atoms with E-state index in [4.69, 9.17) is 4.74 Å². The van der Waals surface area contributed by atoms with E-state index >= 15 is 0 Å². The smallest absolute Gasteiger partial charge is 0.259 e. The Balaban J connectivity index is 1.98. The Morgan fingerprint density at radius 1 is 1.35 bits per heavy atom. The molecule has 0 radical (unpaired) electrons. The van der Waals surface area contributed by atoms with Gasteiger partial charge in [0.2, 0.25) is 5.91 Å². The van der Waals surface area contributed by atoms with Gasteiger partial charge >= 0.3 is 0 Å². The second-order valence-corrected chi connectivity index (χ2v) is 7.79. The summed E-state index contributed by atoms with van der Waals surface area (Å²) in [6.45, 7) is 6.01. The van der Waals surface area contributed by atoms with Crippen LogP contribution in [-0.2, 0) is 9.53 Å². The van der Waals surface area contributed by atoms with Gasteiger partial charge in [0.25, 0.3) is 5.91 Å². The van der Waals surface area contributed by atoms with Crippen LogP contribution in [0.3, 0.4) is 0 Å². The quantitative estimate of drug-likeness (QED) is 0.899. The van der Waals surface area contributed by atoms with E-state index in [0.717, 1.165) is 12.8 Å². The zero-order valence-corrected chi connectivity index (χ0v) is 15.6. The number of carbonyl (C=O) groups excluding carboxylic acids is 2. The molecule has 26 heavy (non-hydrogen) atoms. The highest BCUT2D eigenvalue weighted by atomic mass is 19.1. The number of ether oxygens (including phenoxy) is 1. The van der Waals surface area contributed by atoms with Crippen molar-refractivity contribution in [3.8, 4) is 0 Å². The zero-order chi connectivity index (χ0) is 18.9. The fourth-order valence-corrected chi connectivity index (χ4v) is 4.15. The summed E-state index contributed by atoms with van der Waals surface area (Å²) < 4.78 is 20.4. The lowest BCUT2D eigenvalue weighted by molar-refractivity contribution is -0.128. The monoisotopic (exact) mass is 362 g/mol. The van der Waals surface area contributed by atoms with E-state index in [1.807, 2.05) is 13.8 Å². The number of benzene rings is 1. The number of carbonyl (C=O) groups is 2. The molecule has 2 aliphatic rings. The third-order valence-electron chi connectivity index (χ3n) is 5.25. The van der Waals surface area contributed by atoms with E-state index in [1.165, 1.54) is 17.0 Å². The molecule has 1 spiro atoms. The second kappa shape index (κ2) is 7.35. The van der Waals surface area contributed by atoms with E-state index in [9.17, 15) is 14.0 Å². The molecule has 0 bridgehead atoms.